The van der Waals surface area contributed by atoms with Gasteiger partial charge in [0.15, 0.2) is 0 Å². The minimum atomic E-state index is 0.0839. The molecule has 6 heteroatoms. The number of methoxy groups -OCH3 is 1. The van der Waals surface area contributed by atoms with E-state index in [4.69, 9.17) is 16.3 Å². The molecule has 0 saturated carbocycles. The molecule has 0 unspecified atom stereocenters. The van der Waals surface area contributed by atoms with Gasteiger partial charge < -0.3 is 14.5 Å². The standard InChI is InChI=1S/C23H29ClN2O2S/c1-28-15-14-25-12-8-18(9-13-25)17-4-6-19(7-5-17)21-16-20(24)22(29-21)23(27)26-10-2-3-11-26/h4-7,16,18H,2-3,8-15H2,1H3. The average Bonchev–Trinajstić information content (AvgIpc) is 3.42. The zero-order chi connectivity index (χ0) is 20.2. The number of likely N-dealkylation sites (tertiary alicyclic amines) is 2. The zero-order valence-electron chi connectivity index (χ0n) is 17.0. The molecule has 0 bridgehead atoms. The lowest BCUT2D eigenvalue weighted by atomic mass is 9.89. The van der Waals surface area contributed by atoms with E-state index in [1.807, 2.05) is 11.0 Å². The maximum absolute atomic E-state index is 12.7. The monoisotopic (exact) mass is 432 g/mol. The molecule has 2 fully saturated rings. The van der Waals surface area contributed by atoms with Crippen molar-refractivity contribution in [2.45, 2.75) is 31.6 Å². The first-order chi connectivity index (χ1) is 14.2. The Kier molecular flexibility index (Phi) is 6.91. The number of amides is 1. The summed E-state index contributed by atoms with van der Waals surface area (Å²) in [5.41, 5.74) is 2.55. The molecule has 4 rings (SSSR count). The number of carbonyl (C=O) groups excluding carboxylic acids is 1. The lowest BCUT2D eigenvalue weighted by Crippen LogP contribution is -2.35. The largest absolute Gasteiger partial charge is 0.383 e. The van der Waals surface area contributed by atoms with Crippen molar-refractivity contribution >= 4 is 28.8 Å². The molecule has 0 atom stereocenters. The molecule has 4 nitrogen and oxygen atoms in total. The van der Waals surface area contributed by atoms with Crippen LogP contribution < -0.4 is 0 Å². The van der Waals surface area contributed by atoms with Gasteiger partial charge in [0.2, 0.25) is 0 Å². The minimum Gasteiger partial charge on any atom is -0.383 e. The summed E-state index contributed by atoms with van der Waals surface area (Å²) >= 11 is 7.94. The fraction of sp³-hybridized carbons (Fsp3) is 0.522. The summed E-state index contributed by atoms with van der Waals surface area (Å²) in [5.74, 6) is 0.711. The second kappa shape index (κ2) is 9.61. The average molecular weight is 433 g/mol. The molecule has 2 aliphatic rings. The van der Waals surface area contributed by atoms with Crippen LogP contribution in [0.1, 0.15) is 46.8 Å². The van der Waals surface area contributed by atoms with E-state index in [2.05, 4.69) is 29.2 Å². The van der Waals surface area contributed by atoms with Crippen molar-refractivity contribution in [2.24, 2.45) is 0 Å². The van der Waals surface area contributed by atoms with Crippen LogP contribution in [0.25, 0.3) is 10.4 Å². The highest BCUT2D eigenvalue weighted by Gasteiger charge is 2.24. The Hall–Kier alpha value is -1.40. The van der Waals surface area contributed by atoms with Gasteiger partial charge in [0.25, 0.3) is 5.91 Å². The third kappa shape index (κ3) is 4.85. The Morgan fingerprint density at radius 2 is 1.83 bits per heavy atom. The van der Waals surface area contributed by atoms with Gasteiger partial charge in [0, 0.05) is 31.6 Å². The maximum atomic E-state index is 12.7. The SMILES string of the molecule is COCCN1CCC(c2ccc(-c3cc(Cl)c(C(=O)N4CCCC4)s3)cc2)CC1. The normalized spacial score (nSPS) is 18.5. The molecular formula is C23H29ClN2O2S. The molecule has 156 valence electrons. The fourth-order valence-electron chi connectivity index (χ4n) is 4.35. The van der Waals surface area contributed by atoms with Crippen LogP contribution in [-0.4, -0.2) is 62.1 Å². The lowest BCUT2D eigenvalue weighted by molar-refractivity contribution is 0.0797. The number of hydrogen-bond acceptors (Lipinski definition) is 4. The summed E-state index contributed by atoms with van der Waals surface area (Å²) < 4.78 is 5.19. The first kappa shape index (κ1) is 20.9. The summed E-state index contributed by atoms with van der Waals surface area (Å²) in [6.45, 7) is 5.81. The highest BCUT2D eigenvalue weighted by Crippen LogP contribution is 2.37. The number of ether oxygens (including phenoxy) is 1. The first-order valence-electron chi connectivity index (χ1n) is 10.6. The molecule has 0 radical (unpaired) electrons. The van der Waals surface area contributed by atoms with Crippen molar-refractivity contribution in [1.82, 2.24) is 9.80 Å². The number of carbonyl (C=O) groups is 1. The Morgan fingerprint density at radius 3 is 2.48 bits per heavy atom. The van der Waals surface area contributed by atoms with E-state index in [0.717, 1.165) is 62.6 Å². The number of benzene rings is 1. The van der Waals surface area contributed by atoms with E-state index in [1.54, 1.807) is 7.11 Å². The van der Waals surface area contributed by atoms with Crippen molar-refractivity contribution < 1.29 is 9.53 Å². The molecule has 0 N–H and O–H groups in total. The summed E-state index contributed by atoms with van der Waals surface area (Å²) in [7, 11) is 1.76. The van der Waals surface area contributed by atoms with Crippen molar-refractivity contribution in [3.63, 3.8) is 0 Å². The van der Waals surface area contributed by atoms with Gasteiger partial charge >= 0.3 is 0 Å². The second-order valence-corrected chi connectivity index (χ2v) is 9.48. The Morgan fingerprint density at radius 1 is 1.14 bits per heavy atom. The quantitative estimate of drug-likeness (QED) is 0.634. The summed E-state index contributed by atoms with van der Waals surface area (Å²) in [4.78, 5) is 18.9. The van der Waals surface area contributed by atoms with Gasteiger partial charge in [0.05, 0.1) is 11.6 Å². The molecule has 1 amide bonds. The Bertz CT molecular complexity index is 822. The van der Waals surface area contributed by atoms with Gasteiger partial charge in [-0.25, -0.2) is 0 Å². The van der Waals surface area contributed by atoms with E-state index in [9.17, 15) is 4.79 Å². The third-order valence-electron chi connectivity index (χ3n) is 6.14. The first-order valence-corrected chi connectivity index (χ1v) is 11.8. The van der Waals surface area contributed by atoms with Crippen molar-refractivity contribution in [1.29, 1.82) is 0 Å². The number of hydrogen-bond donors (Lipinski definition) is 0. The van der Waals surface area contributed by atoms with E-state index in [0.29, 0.717) is 15.8 Å². The molecule has 29 heavy (non-hydrogen) atoms. The van der Waals surface area contributed by atoms with Gasteiger partial charge in [-0.15, -0.1) is 11.3 Å². The lowest BCUT2D eigenvalue weighted by Gasteiger charge is -2.32. The molecule has 2 aliphatic heterocycles. The molecule has 3 heterocycles. The number of nitrogens with zero attached hydrogens (tertiary/aromatic N) is 2. The highest BCUT2D eigenvalue weighted by atomic mass is 35.5. The summed E-state index contributed by atoms with van der Waals surface area (Å²) in [6, 6.07) is 10.8. The predicted octanol–water partition coefficient (Wildman–Crippen LogP) is 5.13. The maximum Gasteiger partial charge on any atom is 0.265 e. The van der Waals surface area contributed by atoms with Crippen molar-refractivity contribution in [3.05, 3.63) is 45.8 Å². The Labute approximate surface area is 182 Å². The number of thiophene rings is 1. The number of rotatable bonds is 6. The van der Waals surface area contributed by atoms with E-state index in [-0.39, 0.29) is 5.91 Å². The van der Waals surface area contributed by atoms with Crippen LogP contribution >= 0.6 is 22.9 Å². The summed E-state index contributed by atoms with van der Waals surface area (Å²) in [5, 5.41) is 0.578. The molecule has 0 aliphatic carbocycles. The van der Waals surface area contributed by atoms with Crippen LogP contribution in [0.5, 0.6) is 0 Å². The third-order valence-corrected chi connectivity index (χ3v) is 7.72. The molecule has 1 aromatic heterocycles. The van der Waals surface area contributed by atoms with Crippen molar-refractivity contribution in [3.8, 4) is 10.4 Å². The number of halogens is 1. The van der Waals surface area contributed by atoms with Crippen LogP contribution in [-0.2, 0) is 4.74 Å². The van der Waals surface area contributed by atoms with Crippen LogP contribution in [0.2, 0.25) is 5.02 Å². The van der Waals surface area contributed by atoms with Gasteiger partial charge in [-0.1, -0.05) is 35.9 Å². The van der Waals surface area contributed by atoms with Crippen LogP contribution in [0.3, 0.4) is 0 Å². The van der Waals surface area contributed by atoms with Crippen LogP contribution in [0.15, 0.2) is 30.3 Å². The van der Waals surface area contributed by atoms with Gasteiger partial charge in [-0.2, -0.15) is 0 Å². The van der Waals surface area contributed by atoms with E-state index in [1.165, 1.54) is 29.7 Å². The van der Waals surface area contributed by atoms with Gasteiger partial charge in [-0.05, 0) is 61.9 Å². The fourth-order valence-corrected chi connectivity index (χ4v) is 5.74. The van der Waals surface area contributed by atoms with Crippen molar-refractivity contribution in [2.75, 3.05) is 46.4 Å². The molecule has 2 aromatic rings. The topological polar surface area (TPSA) is 32.8 Å². The van der Waals surface area contributed by atoms with E-state index < -0.39 is 0 Å². The second-order valence-electron chi connectivity index (χ2n) is 8.02. The Balaban J connectivity index is 1.41. The van der Waals surface area contributed by atoms with Gasteiger partial charge in [-0.3, -0.25) is 4.79 Å². The molecule has 0 spiro atoms. The minimum absolute atomic E-state index is 0.0839. The number of piperidine rings is 1. The smallest absolute Gasteiger partial charge is 0.265 e. The predicted molar refractivity (Wildman–Crippen MR) is 120 cm³/mol. The van der Waals surface area contributed by atoms with Crippen LogP contribution in [0, 0.1) is 0 Å². The zero-order valence-corrected chi connectivity index (χ0v) is 18.6. The van der Waals surface area contributed by atoms with Gasteiger partial charge in [0.1, 0.15) is 4.88 Å². The van der Waals surface area contributed by atoms with Crippen LogP contribution in [0.4, 0.5) is 0 Å². The molecular weight excluding hydrogens is 404 g/mol. The molecule has 1 aromatic carbocycles. The molecule has 2 saturated heterocycles. The van der Waals surface area contributed by atoms with E-state index >= 15 is 0 Å². The highest BCUT2D eigenvalue weighted by molar-refractivity contribution is 7.18. The summed E-state index contributed by atoms with van der Waals surface area (Å²) in [6.07, 6.45) is 4.58.